The van der Waals surface area contributed by atoms with Crippen molar-refractivity contribution in [1.29, 1.82) is 0 Å². The fourth-order valence-electron chi connectivity index (χ4n) is 3.51. The third-order valence-corrected chi connectivity index (χ3v) is 5.27. The molecule has 1 N–H and O–H groups in total. The molecule has 0 radical (unpaired) electrons. The maximum absolute atomic E-state index is 12.7. The SMILES string of the molecule is COc1ccc(C#CCNC(=O)n2cnc3c(N4CCN(C)CC4)cccc32)cc1. The molecule has 0 bridgehead atoms. The zero-order valence-corrected chi connectivity index (χ0v) is 17.3. The summed E-state index contributed by atoms with van der Waals surface area (Å²) in [7, 11) is 3.76. The van der Waals surface area contributed by atoms with Gasteiger partial charge in [0.25, 0.3) is 0 Å². The number of carbonyl (C=O) groups is 1. The van der Waals surface area contributed by atoms with Gasteiger partial charge in [-0.2, -0.15) is 0 Å². The smallest absolute Gasteiger partial charge is 0.328 e. The molecule has 1 fully saturated rings. The number of para-hydroxylation sites is 1. The average Bonchev–Trinajstić information content (AvgIpc) is 3.22. The Kier molecular flexibility index (Phi) is 5.87. The largest absolute Gasteiger partial charge is 0.497 e. The maximum Gasteiger partial charge on any atom is 0.328 e. The van der Waals surface area contributed by atoms with Crippen molar-refractivity contribution in [3.63, 3.8) is 0 Å². The van der Waals surface area contributed by atoms with Gasteiger partial charge in [-0.15, -0.1) is 0 Å². The average molecular weight is 403 g/mol. The molecule has 4 rings (SSSR count). The number of carbonyl (C=O) groups excluding carboxylic acids is 1. The number of benzene rings is 2. The number of nitrogens with one attached hydrogen (secondary N) is 1. The predicted molar refractivity (Wildman–Crippen MR) is 118 cm³/mol. The van der Waals surface area contributed by atoms with Crippen LogP contribution in [0.5, 0.6) is 5.75 Å². The molecule has 0 unspecified atom stereocenters. The third kappa shape index (κ3) is 4.24. The van der Waals surface area contributed by atoms with Gasteiger partial charge in [0, 0.05) is 31.7 Å². The van der Waals surface area contributed by atoms with Gasteiger partial charge in [0.15, 0.2) is 0 Å². The summed E-state index contributed by atoms with van der Waals surface area (Å²) in [5.74, 6) is 6.80. The van der Waals surface area contributed by atoms with Crippen molar-refractivity contribution in [2.24, 2.45) is 0 Å². The van der Waals surface area contributed by atoms with Gasteiger partial charge in [-0.25, -0.2) is 9.78 Å². The number of hydrogen-bond donors (Lipinski definition) is 1. The first-order valence-electron chi connectivity index (χ1n) is 9.96. The summed E-state index contributed by atoms with van der Waals surface area (Å²) in [6, 6.07) is 13.2. The van der Waals surface area contributed by atoms with Crippen LogP contribution in [0.4, 0.5) is 10.5 Å². The predicted octanol–water partition coefficient (Wildman–Crippen LogP) is 2.41. The third-order valence-electron chi connectivity index (χ3n) is 5.27. The van der Waals surface area contributed by atoms with Crippen molar-refractivity contribution in [2.75, 3.05) is 51.8 Å². The van der Waals surface area contributed by atoms with E-state index in [0.717, 1.165) is 54.2 Å². The number of amides is 1. The van der Waals surface area contributed by atoms with Crippen LogP contribution in [0.25, 0.3) is 11.0 Å². The van der Waals surface area contributed by atoms with E-state index in [4.69, 9.17) is 4.74 Å². The molecule has 1 aliphatic heterocycles. The monoisotopic (exact) mass is 403 g/mol. The summed E-state index contributed by atoms with van der Waals surface area (Å²) in [5, 5.41) is 2.84. The topological polar surface area (TPSA) is 62.6 Å². The Balaban J connectivity index is 1.44. The van der Waals surface area contributed by atoms with E-state index in [1.807, 2.05) is 36.4 Å². The number of ether oxygens (including phenoxy) is 1. The van der Waals surface area contributed by atoms with Gasteiger partial charge in [0.05, 0.1) is 24.9 Å². The molecule has 1 saturated heterocycles. The van der Waals surface area contributed by atoms with E-state index in [9.17, 15) is 4.79 Å². The first-order chi connectivity index (χ1) is 14.7. The van der Waals surface area contributed by atoms with E-state index in [0.29, 0.717) is 0 Å². The van der Waals surface area contributed by atoms with Crippen LogP contribution in [0.1, 0.15) is 5.56 Å². The summed E-state index contributed by atoms with van der Waals surface area (Å²) in [6.45, 7) is 4.20. The second-order valence-electron chi connectivity index (χ2n) is 7.24. The van der Waals surface area contributed by atoms with E-state index in [-0.39, 0.29) is 12.6 Å². The normalized spacial score (nSPS) is 14.3. The molecule has 30 heavy (non-hydrogen) atoms. The minimum atomic E-state index is -0.239. The summed E-state index contributed by atoms with van der Waals surface area (Å²) in [6.07, 6.45) is 1.58. The van der Waals surface area contributed by atoms with Crippen LogP contribution in [0.15, 0.2) is 48.8 Å². The molecule has 1 aliphatic rings. The Bertz CT molecular complexity index is 1090. The van der Waals surface area contributed by atoms with Gasteiger partial charge in [-0.1, -0.05) is 17.9 Å². The minimum Gasteiger partial charge on any atom is -0.497 e. The van der Waals surface area contributed by atoms with Gasteiger partial charge < -0.3 is 19.9 Å². The molecular formula is C23H25N5O2. The Morgan fingerprint density at radius 1 is 1.13 bits per heavy atom. The second-order valence-corrected chi connectivity index (χ2v) is 7.24. The van der Waals surface area contributed by atoms with Crippen molar-refractivity contribution in [3.8, 4) is 17.6 Å². The number of aromatic nitrogens is 2. The minimum absolute atomic E-state index is 0.239. The van der Waals surface area contributed by atoms with E-state index in [1.165, 1.54) is 0 Å². The van der Waals surface area contributed by atoms with E-state index in [2.05, 4.69) is 45.1 Å². The zero-order valence-electron chi connectivity index (χ0n) is 17.3. The molecule has 2 heterocycles. The van der Waals surface area contributed by atoms with Crippen LogP contribution in [0.2, 0.25) is 0 Å². The van der Waals surface area contributed by atoms with Crippen molar-refractivity contribution in [2.45, 2.75) is 0 Å². The van der Waals surface area contributed by atoms with E-state index in [1.54, 1.807) is 18.0 Å². The molecule has 0 aliphatic carbocycles. The van der Waals surface area contributed by atoms with Crippen LogP contribution in [0, 0.1) is 11.8 Å². The van der Waals surface area contributed by atoms with Crippen molar-refractivity contribution in [3.05, 3.63) is 54.4 Å². The van der Waals surface area contributed by atoms with Gasteiger partial charge in [-0.05, 0) is 43.4 Å². The van der Waals surface area contributed by atoms with Gasteiger partial charge in [-0.3, -0.25) is 4.57 Å². The number of hydrogen-bond acceptors (Lipinski definition) is 5. The number of nitrogens with zero attached hydrogens (tertiary/aromatic N) is 4. The fraction of sp³-hybridized carbons (Fsp3) is 0.304. The molecule has 3 aromatic rings. The number of fused-ring (bicyclic) bond motifs is 1. The number of rotatable bonds is 3. The van der Waals surface area contributed by atoms with Crippen LogP contribution >= 0.6 is 0 Å². The highest BCUT2D eigenvalue weighted by Gasteiger charge is 2.19. The Labute approximate surface area is 176 Å². The fourth-order valence-corrected chi connectivity index (χ4v) is 3.51. The number of anilines is 1. The summed E-state index contributed by atoms with van der Waals surface area (Å²) in [5.41, 5.74) is 3.59. The molecule has 7 heteroatoms. The highest BCUT2D eigenvalue weighted by molar-refractivity contribution is 5.95. The molecule has 7 nitrogen and oxygen atoms in total. The van der Waals surface area contributed by atoms with Gasteiger partial charge in [0.2, 0.25) is 0 Å². The zero-order chi connectivity index (χ0) is 20.9. The summed E-state index contributed by atoms with van der Waals surface area (Å²) in [4.78, 5) is 21.8. The summed E-state index contributed by atoms with van der Waals surface area (Å²) >= 11 is 0. The lowest BCUT2D eigenvalue weighted by Gasteiger charge is -2.34. The highest BCUT2D eigenvalue weighted by atomic mass is 16.5. The van der Waals surface area contributed by atoms with Crippen LogP contribution < -0.4 is 15.0 Å². The van der Waals surface area contributed by atoms with Crippen molar-refractivity contribution in [1.82, 2.24) is 19.8 Å². The molecule has 1 amide bonds. The number of piperazine rings is 1. The Hall–Kier alpha value is -3.50. The van der Waals surface area contributed by atoms with Gasteiger partial charge in [0.1, 0.15) is 17.6 Å². The molecule has 0 spiro atoms. The number of likely N-dealkylation sites (N-methyl/N-ethyl adjacent to an activating group) is 1. The highest BCUT2D eigenvalue weighted by Crippen LogP contribution is 2.26. The standard InChI is InChI=1S/C23H25N5O2/c1-26-13-15-27(16-14-26)20-6-3-7-21-22(20)25-17-28(21)23(29)24-12-4-5-18-8-10-19(30-2)11-9-18/h3,6-11,17H,12-16H2,1-2H3,(H,24,29). The number of methoxy groups -OCH3 is 1. The van der Waals surface area contributed by atoms with Crippen LogP contribution in [-0.4, -0.2) is 67.4 Å². The molecule has 1 aromatic heterocycles. The van der Waals surface area contributed by atoms with Crippen LogP contribution in [-0.2, 0) is 0 Å². The molecule has 154 valence electrons. The quantitative estimate of drug-likeness (QED) is 0.681. The Morgan fingerprint density at radius 2 is 1.90 bits per heavy atom. The van der Waals surface area contributed by atoms with Crippen molar-refractivity contribution < 1.29 is 9.53 Å². The first kappa shape index (κ1) is 19.8. The lowest BCUT2D eigenvalue weighted by atomic mass is 10.2. The van der Waals surface area contributed by atoms with Crippen LogP contribution in [0.3, 0.4) is 0 Å². The lowest BCUT2D eigenvalue weighted by Crippen LogP contribution is -2.44. The Morgan fingerprint density at radius 3 is 2.63 bits per heavy atom. The van der Waals surface area contributed by atoms with Gasteiger partial charge >= 0.3 is 6.03 Å². The van der Waals surface area contributed by atoms with E-state index < -0.39 is 0 Å². The van der Waals surface area contributed by atoms with E-state index >= 15 is 0 Å². The maximum atomic E-state index is 12.7. The lowest BCUT2D eigenvalue weighted by molar-refractivity contribution is 0.244. The first-order valence-corrected chi connectivity index (χ1v) is 9.96. The number of imidazole rings is 1. The molecule has 2 aromatic carbocycles. The summed E-state index contributed by atoms with van der Waals surface area (Å²) < 4.78 is 6.68. The second kappa shape index (κ2) is 8.89. The molecular weight excluding hydrogens is 378 g/mol. The van der Waals surface area contributed by atoms with Crippen molar-refractivity contribution >= 4 is 22.8 Å². The molecule has 0 saturated carbocycles. The molecule has 0 atom stereocenters.